The van der Waals surface area contributed by atoms with Gasteiger partial charge in [0.2, 0.25) is 5.91 Å². The third kappa shape index (κ3) is 2.04. The predicted molar refractivity (Wildman–Crippen MR) is 66.0 cm³/mol. The van der Waals surface area contributed by atoms with Gasteiger partial charge in [0.15, 0.2) is 0 Å². The number of carboxylic acid groups (broad SMARTS) is 1. The molecule has 1 aliphatic rings. The summed E-state index contributed by atoms with van der Waals surface area (Å²) in [6, 6.07) is 7.59. The van der Waals surface area contributed by atoms with Crippen molar-refractivity contribution < 1.29 is 14.7 Å². The number of carboxylic acids is 1. The lowest BCUT2D eigenvalue weighted by Gasteiger charge is -2.13. The Labute approximate surface area is 106 Å². The first kappa shape index (κ1) is 11.4. The molecule has 2 atom stereocenters. The summed E-state index contributed by atoms with van der Waals surface area (Å²) in [4.78, 5) is 22.4. The second kappa shape index (κ2) is 4.40. The zero-order valence-electron chi connectivity index (χ0n) is 8.31. The molecule has 1 fully saturated rings. The van der Waals surface area contributed by atoms with Crippen LogP contribution in [0.1, 0.15) is 11.5 Å². The summed E-state index contributed by atoms with van der Waals surface area (Å²) in [5, 5.41) is 11.6. The van der Waals surface area contributed by atoms with E-state index < -0.39 is 17.8 Å². The topological polar surface area (TPSA) is 66.4 Å². The van der Waals surface area contributed by atoms with Crippen molar-refractivity contribution in [2.24, 2.45) is 5.92 Å². The maximum absolute atomic E-state index is 11.4. The summed E-state index contributed by atoms with van der Waals surface area (Å²) in [6.07, 6.45) is 0. The zero-order valence-corrected chi connectivity index (χ0v) is 10.5. The summed E-state index contributed by atoms with van der Waals surface area (Å²) in [5.41, 5.74) is 0.901. The Hall–Kier alpha value is -1.11. The summed E-state index contributed by atoms with van der Waals surface area (Å²) in [7, 11) is 0. The zero-order chi connectivity index (χ0) is 11.7. The molecule has 1 saturated heterocycles. The highest BCUT2D eigenvalue weighted by Gasteiger charge is 2.40. The summed E-state index contributed by atoms with van der Waals surface area (Å²) in [5.74, 6) is -2.67. The Morgan fingerprint density at radius 2 is 2.25 bits per heavy atom. The Bertz CT molecular complexity index is 447. The largest absolute Gasteiger partial charge is 0.481 e. The van der Waals surface area contributed by atoms with Gasteiger partial charge in [-0.1, -0.05) is 12.1 Å². The molecular formula is C11H10INO3. The van der Waals surface area contributed by atoms with Gasteiger partial charge >= 0.3 is 5.97 Å². The fourth-order valence-corrected chi connectivity index (χ4v) is 2.52. The van der Waals surface area contributed by atoms with Crippen LogP contribution in [0.4, 0.5) is 0 Å². The number of hydrogen-bond donors (Lipinski definition) is 2. The average molecular weight is 331 g/mol. The molecule has 2 rings (SSSR count). The molecular weight excluding hydrogens is 321 g/mol. The fourth-order valence-electron chi connectivity index (χ4n) is 1.95. The van der Waals surface area contributed by atoms with Gasteiger partial charge in [0.1, 0.15) is 5.92 Å². The van der Waals surface area contributed by atoms with Crippen LogP contribution in [0, 0.1) is 9.49 Å². The lowest BCUT2D eigenvalue weighted by Crippen LogP contribution is -2.26. The van der Waals surface area contributed by atoms with Gasteiger partial charge in [-0.05, 0) is 40.3 Å². The van der Waals surface area contributed by atoms with E-state index in [2.05, 4.69) is 27.9 Å². The molecule has 84 valence electrons. The first-order valence-corrected chi connectivity index (χ1v) is 5.93. The van der Waals surface area contributed by atoms with Crippen LogP contribution < -0.4 is 5.32 Å². The third-order valence-electron chi connectivity index (χ3n) is 2.72. The highest BCUT2D eigenvalue weighted by atomic mass is 127. The number of nitrogens with one attached hydrogen (secondary N) is 1. The van der Waals surface area contributed by atoms with Crippen LogP contribution in [-0.2, 0) is 9.59 Å². The van der Waals surface area contributed by atoms with Crippen molar-refractivity contribution in [2.75, 3.05) is 6.54 Å². The van der Waals surface area contributed by atoms with Crippen molar-refractivity contribution in [1.29, 1.82) is 0 Å². The van der Waals surface area contributed by atoms with Crippen LogP contribution in [0.25, 0.3) is 0 Å². The molecule has 0 bridgehead atoms. The molecule has 2 unspecified atom stereocenters. The molecule has 1 aliphatic heterocycles. The molecule has 0 aromatic heterocycles. The Morgan fingerprint density at radius 1 is 1.50 bits per heavy atom. The Balaban J connectivity index is 2.34. The molecule has 0 aliphatic carbocycles. The summed E-state index contributed by atoms with van der Waals surface area (Å²) < 4.78 is 1.04. The highest BCUT2D eigenvalue weighted by molar-refractivity contribution is 14.1. The number of rotatable bonds is 2. The van der Waals surface area contributed by atoms with Gasteiger partial charge in [0.25, 0.3) is 0 Å². The molecule has 1 heterocycles. The van der Waals surface area contributed by atoms with Crippen LogP contribution in [0.5, 0.6) is 0 Å². The number of aliphatic carboxylic acids is 1. The van der Waals surface area contributed by atoms with Gasteiger partial charge in [-0.15, -0.1) is 0 Å². The van der Waals surface area contributed by atoms with Crippen LogP contribution >= 0.6 is 22.6 Å². The van der Waals surface area contributed by atoms with E-state index in [0.29, 0.717) is 6.54 Å². The Morgan fingerprint density at radius 3 is 2.88 bits per heavy atom. The minimum absolute atomic E-state index is 0.264. The van der Waals surface area contributed by atoms with Crippen LogP contribution in [-0.4, -0.2) is 23.5 Å². The maximum atomic E-state index is 11.4. The van der Waals surface area contributed by atoms with E-state index in [-0.39, 0.29) is 5.92 Å². The number of halogens is 1. The quantitative estimate of drug-likeness (QED) is 0.632. The third-order valence-corrected chi connectivity index (χ3v) is 3.39. The molecule has 0 radical (unpaired) electrons. The van der Waals surface area contributed by atoms with Crippen molar-refractivity contribution in [1.82, 2.24) is 5.32 Å². The molecule has 0 saturated carbocycles. The van der Waals surface area contributed by atoms with Gasteiger partial charge in [0, 0.05) is 16.0 Å². The van der Waals surface area contributed by atoms with E-state index >= 15 is 0 Å². The van der Waals surface area contributed by atoms with Crippen LogP contribution in [0.3, 0.4) is 0 Å². The minimum Gasteiger partial charge on any atom is -0.481 e. The standard InChI is InChI=1S/C11H10INO3/c12-7-3-1-2-6(4-7)8-5-13-10(14)9(8)11(15)16/h1-4,8-9H,5H2,(H,13,14)(H,15,16). The maximum Gasteiger partial charge on any atom is 0.316 e. The molecule has 16 heavy (non-hydrogen) atoms. The second-order valence-electron chi connectivity index (χ2n) is 3.72. The van der Waals surface area contributed by atoms with E-state index in [1.807, 2.05) is 24.3 Å². The van der Waals surface area contributed by atoms with Crippen molar-refractivity contribution >= 4 is 34.5 Å². The fraction of sp³-hybridized carbons (Fsp3) is 0.273. The SMILES string of the molecule is O=C(O)C1C(=O)NCC1c1cccc(I)c1. The summed E-state index contributed by atoms with van der Waals surface area (Å²) >= 11 is 2.17. The smallest absolute Gasteiger partial charge is 0.316 e. The number of amides is 1. The molecule has 1 aromatic rings. The van der Waals surface area contributed by atoms with E-state index in [4.69, 9.17) is 5.11 Å². The molecule has 1 aromatic carbocycles. The van der Waals surface area contributed by atoms with Gasteiger partial charge in [-0.3, -0.25) is 9.59 Å². The van der Waals surface area contributed by atoms with Crippen molar-refractivity contribution in [3.8, 4) is 0 Å². The van der Waals surface area contributed by atoms with Gasteiger partial charge < -0.3 is 10.4 Å². The first-order valence-electron chi connectivity index (χ1n) is 4.85. The van der Waals surface area contributed by atoms with Crippen molar-refractivity contribution in [3.63, 3.8) is 0 Å². The van der Waals surface area contributed by atoms with Gasteiger partial charge in [-0.25, -0.2) is 0 Å². The number of carbonyl (C=O) groups is 2. The first-order chi connectivity index (χ1) is 7.59. The normalized spacial score (nSPS) is 24.2. The number of benzene rings is 1. The van der Waals surface area contributed by atoms with E-state index in [9.17, 15) is 9.59 Å². The van der Waals surface area contributed by atoms with Gasteiger partial charge in [-0.2, -0.15) is 0 Å². The molecule has 5 heteroatoms. The van der Waals surface area contributed by atoms with E-state index in [1.54, 1.807) is 0 Å². The van der Waals surface area contributed by atoms with Gasteiger partial charge in [0.05, 0.1) is 0 Å². The minimum atomic E-state index is -1.06. The molecule has 1 amide bonds. The number of carbonyl (C=O) groups excluding carboxylic acids is 1. The Kier molecular flexibility index (Phi) is 3.13. The molecule has 4 nitrogen and oxygen atoms in total. The van der Waals surface area contributed by atoms with E-state index in [0.717, 1.165) is 9.13 Å². The van der Waals surface area contributed by atoms with E-state index in [1.165, 1.54) is 0 Å². The lowest BCUT2D eigenvalue weighted by molar-refractivity contribution is -0.145. The lowest BCUT2D eigenvalue weighted by atomic mass is 9.89. The average Bonchev–Trinajstić information content (AvgIpc) is 2.60. The molecule has 0 spiro atoms. The van der Waals surface area contributed by atoms with Crippen LogP contribution in [0.15, 0.2) is 24.3 Å². The molecule has 2 N–H and O–H groups in total. The number of hydrogen-bond acceptors (Lipinski definition) is 2. The summed E-state index contributed by atoms with van der Waals surface area (Å²) in [6.45, 7) is 0.399. The second-order valence-corrected chi connectivity index (χ2v) is 4.97. The monoisotopic (exact) mass is 331 g/mol. The van der Waals surface area contributed by atoms with Crippen LogP contribution in [0.2, 0.25) is 0 Å². The van der Waals surface area contributed by atoms with Crippen molar-refractivity contribution in [3.05, 3.63) is 33.4 Å². The van der Waals surface area contributed by atoms with Crippen molar-refractivity contribution in [2.45, 2.75) is 5.92 Å². The highest BCUT2D eigenvalue weighted by Crippen LogP contribution is 2.29. The predicted octanol–water partition coefficient (Wildman–Crippen LogP) is 1.21.